The highest BCUT2D eigenvalue weighted by Gasteiger charge is 2.16. The second-order valence-electron chi connectivity index (χ2n) is 5.04. The molecule has 2 aromatic heterocycles. The average molecular weight is 300 g/mol. The van der Waals surface area contributed by atoms with Gasteiger partial charge in [-0.25, -0.2) is 4.98 Å². The van der Waals surface area contributed by atoms with Gasteiger partial charge >= 0.3 is 0 Å². The Morgan fingerprint density at radius 1 is 1.00 bits per heavy atom. The number of pyridine rings is 1. The lowest BCUT2D eigenvalue weighted by Gasteiger charge is -2.04. The number of aryl methyl sites for hydroxylation is 3. The van der Waals surface area contributed by atoms with Crippen LogP contribution < -0.4 is 0 Å². The Bertz CT molecular complexity index is 771. The number of hydrogen-bond donors (Lipinski definition) is 0. The molecule has 0 N–H and O–H groups in total. The monoisotopic (exact) mass is 299 g/mol. The quantitative estimate of drug-likeness (QED) is 0.659. The Hall–Kier alpha value is -2.20. The van der Waals surface area contributed by atoms with Crippen molar-refractivity contribution in [3.63, 3.8) is 0 Å². The van der Waals surface area contributed by atoms with Gasteiger partial charge in [-0.1, -0.05) is 34.5 Å². The predicted octanol–water partition coefficient (Wildman–Crippen LogP) is 4.38. The van der Waals surface area contributed by atoms with Gasteiger partial charge < -0.3 is 4.52 Å². The standard InChI is InChI=1S/C16H14ClN3O/c1-9-4-6-12(7-5-9)16-19-15(20-21-16)13-10(2)8-11(3)18-14(13)17/h4-8H,1-3H3. The van der Waals surface area contributed by atoms with Gasteiger partial charge in [0.1, 0.15) is 5.15 Å². The van der Waals surface area contributed by atoms with E-state index in [2.05, 4.69) is 15.1 Å². The molecule has 0 bridgehead atoms. The van der Waals surface area contributed by atoms with Gasteiger partial charge in [-0.15, -0.1) is 0 Å². The Balaban J connectivity index is 2.05. The van der Waals surface area contributed by atoms with Crippen molar-refractivity contribution in [1.82, 2.24) is 15.1 Å². The Morgan fingerprint density at radius 2 is 1.71 bits per heavy atom. The first kappa shape index (κ1) is 13.8. The minimum atomic E-state index is 0.392. The highest BCUT2D eigenvalue weighted by atomic mass is 35.5. The minimum absolute atomic E-state index is 0.392. The lowest BCUT2D eigenvalue weighted by Crippen LogP contribution is -1.92. The summed E-state index contributed by atoms with van der Waals surface area (Å²) in [5.41, 5.74) is 4.62. The van der Waals surface area contributed by atoms with Crippen LogP contribution in [-0.4, -0.2) is 15.1 Å². The van der Waals surface area contributed by atoms with E-state index in [4.69, 9.17) is 16.1 Å². The summed E-state index contributed by atoms with van der Waals surface area (Å²) in [6.45, 7) is 5.89. The molecule has 0 aliphatic heterocycles. The molecular weight excluding hydrogens is 286 g/mol. The number of rotatable bonds is 2. The molecule has 106 valence electrons. The normalized spacial score (nSPS) is 10.9. The van der Waals surface area contributed by atoms with Crippen LogP contribution in [0.15, 0.2) is 34.9 Å². The summed E-state index contributed by atoms with van der Waals surface area (Å²) in [6, 6.07) is 9.86. The van der Waals surface area contributed by atoms with Crippen LogP contribution >= 0.6 is 11.6 Å². The van der Waals surface area contributed by atoms with Gasteiger partial charge in [0.25, 0.3) is 5.89 Å². The molecule has 0 radical (unpaired) electrons. The molecule has 1 aromatic carbocycles. The summed E-state index contributed by atoms with van der Waals surface area (Å²) in [7, 11) is 0. The summed E-state index contributed by atoms with van der Waals surface area (Å²) in [4.78, 5) is 8.68. The van der Waals surface area contributed by atoms with Gasteiger partial charge in [-0.05, 0) is 44.5 Å². The van der Waals surface area contributed by atoms with E-state index >= 15 is 0 Å². The number of halogens is 1. The highest BCUT2D eigenvalue weighted by molar-refractivity contribution is 6.32. The third-order valence-corrected chi connectivity index (χ3v) is 3.52. The molecular formula is C16H14ClN3O. The van der Waals surface area contributed by atoms with Crippen LogP contribution in [0, 0.1) is 20.8 Å². The average Bonchev–Trinajstić information content (AvgIpc) is 2.87. The van der Waals surface area contributed by atoms with Gasteiger partial charge in [0.2, 0.25) is 5.82 Å². The van der Waals surface area contributed by atoms with Gasteiger partial charge in [-0.3, -0.25) is 0 Å². The van der Waals surface area contributed by atoms with E-state index in [1.54, 1.807) is 0 Å². The molecule has 0 saturated carbocycles. The molecule has 3 rings (SSSR count). The first-order chi connectivity index (χ1) is 10.0. The number of hydrogen-bond acceptors (Lipinski definition) is 4. The molecule has 21 heavy (non-hydrogen) atoms. The van der Waals surface area contributed by atoms with Crippen LogP contribution in [0.4, 0.5) is 0 Å². The summed E-state index contributed by atoms with van der Waals surface area (Å²) < 4.78 is 5.34. The molecule has 0 spiro atoms. The van der Waals surface area contributed by atoms with E-state index in [0.29, 0.717) is 22.4 Å². The zero-order chi connectivity index (χ0) is 15.0. The van der Waals surface area contributed by atoms with Crippen LogP contribution in [0.2, 0.25) is 5.15 Å². The van der Waals surface area contributed by atoms with Crippen LogP contribution in [0.3, 0.4) is 0 Å². The van der Waals surface area contributed by atoms with Gasteiger partial charge in [-0.2, -0.15) is 4.98 Å². The molecule has 2 heterocycles. The van der Waals surface area contributed by atoms with Gasteiger partial charge in [0, 0.05) is 11.3 Å². The molecule has 0 fully saturated rings. The van der Waals surface area contributed by atoms with Crippen LogP contribution in [-0.2, 0) is 0 Å². The fourth-order valence-electron chi connectivity index (χ4n) is 2.20. The molecule has 4 nitrogen and oxygen atoms in total. The number of aromatic nitrogens is 3. The molecule has 0 aliphatic rings. The summed E-state index contributed by atoms with van der Waals surface area (Å²) in [5.74, 6) is 0.932. The van der Waals surface area contributed by atoms with Crippen molar-refractivity contribution in [3.8, 4) is 22.8 Å². The third-order valence-electron chi connectivity index (χ3n) is 3.25. The maximum Gasteiger partial charge on any atom is 0.258 e. The van der Waals surface area contributed by atoms with E-state index in [1.807, 2.05) is 51.1 Å². The molecule has 0 amide bonds. The van der Waals surface area contributed by atoms with Crippen LogP contribution in [0.25, 0.3) is 22.8 Å². The zero-order valence-electron chi connectivity index (χ0n) is 12.0. The maximum absolute atomic E-state index is 6.21. The molecule has 0 atom stereocenters. The smallest absolute Gasteiger partial charge is 0.258 e. The molecule has 0 saturated heterocycles. The van der Waals surface area contributed by atoms with E-state index in [1.165, 1.54) is 5.56 Å². The van der Waals surface area contributed by atoms with Crippen LogP contribution in [0.5, 0.6) is 0 Å². The van der Waals surface area contributed by atoms with Crippen molar-refractivity contribution in [2.24, 2.45) is 0 Å². The first-order valence-electron chi connectivity index (χ1n) is 6.59. The first-order valence-corrected chi connectivity index (χ1v) is 6.97. The van der Waals surface area contributed by atoms with Crippen molar-refractivity contribution in [2.75, 3.05) is 0 Å². The summed E-state index contributed by atoms with van der Waals surface area (Å²) in [6.07, 6.45) is 0. The van der Waals surface area contributed by atoms with E-state index in [9.17, 15) is 0 Å². The minimum Gasteiger partial charge on any atom is -0.334 e. The van der Waals surface area contributed by atoms with Gasteiger partial charge in [0.15, 0.2) is 0 Å². The van der Waals surface area contributed by atoms with Crippen molar-refractivity contribution in [2.45, 2.75) is 20.8 Å². The molecule has 0 unspecified atom stereocenters. The van der Waals surface area contributed by atoms with E-state index in [-0.39, 0.29) is 0 Å². The van der Waals surface area contributed by atoms with E-state index < -0.39 is 0 Å². The fraction of sp³-hybridized carbons (Fsp3) is 0.188. The largest absolute Gasteiger partial charge is 0.334 e. The van der Waals surface area contributed by atoms with Crippen molar-refractivity contribution in [3.05, 3.63) is 52.3 Å². The van der Waals surface area contributed by atoms with E-state index in [0.717, 1.165) is 16.8 Å². The zero-order valence-corrected chi connectivity index (χ0v) is 12.8. The van der Waals surface area contributed by atoms with Crippen molar-refractivity contribution < 1.29 is 4.52 Å². The molecule has 5 heteroatoms. The summed E-state index contributed by atoms with van der Waals surface area (Å²) in [5, 5.41) is 4.42. The fourth-order valence-corrected chi connectivity index (χ4v) is 2.57. The van der Waals surface area contributed by atoms with Gasteiger partial charge in [0.05, 0.1) is 5.56 Å². The lowest BCUT2D eigenvalue weighted by atomic mass is 10.1. The Labute approximate surface area is 127 Å². The van der Waals surface area contributed by atoms with Crippen LogP contribution in [0.1, 0.15) is 16.8 Å². The second-order valence-corrected chi connectivity index (χ2v) is 5.39. The third kappa shape index (κ3) is 2.67. The maximum atomic E-state index is 6.21. The summed E-state index contributed by atoms with van der Waals surface area (Å²) >= 11 is 6.21. The second kappa shape index (κ2) is 5.30. The lowest BCUT2D eigenvalue weighted by molar-refractivity contribution is 0.432. The topological polar surface area (TPSA) is 51.8 Å². The molecule has 0 aliphatic carbocycles. The van der Waals surface area contributed by atoms with Crippen molar-refractivity contribution >= 4 is 11.6 Å². The number of nitrogens with zero attached hydrogens (tertiary/aromatic N) is 3. The van der Waals surface area contributed by atoms with Crippen molar-refractivity contribution in [1.29, 1.82) is 0 Å². The Morgan fingerprint density at radius 3 is 2.38 bits per heavy atom. The Kier molecular flexibility index (Phi) is 3.47. The molecule has 3 aromatic rings. The SMILES string of the molecule is Cc1ccc(-c2nc(-c3c(C)cc(C)nc3Cl)no2)cc1. The number of benzene rings is 1. The highest BCUT2D eigenvalue weighted by Crippen LogP contribution is 2.30. The predicted molar refractivity (Wildman–Crippen MR) is 82.2 cm³/mol.